The van der Waals surface area contributed by atoms with E-state index in [0.717, 1.165) is 38.9 Å². The number of rotatable bonds is 1. The van der Waals surface area contributed by atoms with Crippen LogP contribution in [0, 0.1) is 69.5 Å². The number of nitriles is 3. The average Bonchev–Trinajstić information content (AvgIpc) is 2.98. The highest BCUT2D eigenvalue weighted by Gasteiger charge is 2.06. The van der Waals surface area contributed by atoms with Crippen molar-refractivity contribution in [2.45, 2.75) is 0 Å². The first-order valence-corrected chi connectivity index (χ1v) is 11.5. The van der Waals surface area contributed by atoms with Gasteiger partial charge in [0.15, 0.2) is 0 Å². The Hall–Kier alpha value is -6.23. The lowest BCUT2D eigenvalue weighted by molar-refractivity contribution is 1.48. The minimum absolute atomic E-state index is 0.572. The Morgan fingerprint density at radius 3 is 1.03 bits per heavy atom. The smallest absolute Gasteiger partial charge is 0.0991 e. The summed E-state index contributed by atoms with van der Waals surface area (Å²) in [6.45, 7) is 3.98. The van der Waals surface area contributed by atoms with E-state index in [1.54, 1.807) is 78.9 Å². The van der Waals surface area contributed by atoms with E-state index >= 15 is 0 Å². The van der Waals surface area contributed by atoms with Crippen molar-refractivity contribution >= 4 is 6.08 Å². The zero-order valence-electron chi connectivity index (χ0n) is 20.2. The summed E-state index contributed by atoms with van der Waals surface area (Å²) in [6.07, 6.45) is 1.73. The monoisotopic (exact) mass is 479 g/mol. The minimum Gasteiger partial charge on any atom is -0.192 e. The first kappa shape index (κ1) is 24.9. The van der Waals surface area contributed by atoms with Crippen LogP contribution in [0.15, 0.2) is 91.5 Å². The maximum atomic E-state index is 9.03. The van der Waals surface area contributed by atoms with Crippen LogP contribution in [0.5, 0.6) is 0 Å². The molecule has 0 heterocycles. The standard InChI is InChI=1S/C35H17N3/c1-2-35-33(19-17-27-5-12-30(24-37)13-6-27)21-32(16-9-26-3-10-29(23-36)11-4-26)22-34(35)20-18-28-7-14-31(25-38)15-8-28/h2-8,10-15,21-22H,1H2. The Balaban J connectivity index is 1.80. The molecule has 3 nitrogen and oxygen atoms in total. The summed E-state index contributed by atoms with van der Waals surface area (Å²) in [5, 5.41) is 27.1. The molecule has 0 aromatic heterocycles. The third-order valence-electron chi connectivity index (χ3n) is 5.46. The molecule has 4 aromatic carbocycles. The molecular weight excluding hydrogens is 462 g/mol. The Morgan fingerprint density at radius 1 is 0.421 bits per heavy atom. The molecule has 4 rings (SSSR count). The summed E-state index contributed by atoms with van der Waals surface area (Å²) in [5.74, 6) is 19.0. The predicted molar refractivity (Wildman–Crippen MR) is 148 cm³/mol. The van der Waals surface area contributed by atoms with Crippen LogP contribution in [0.3, 0.4) is 0 Å². The van der Waals surface area contributed by atoms with E-state index in [1.165, 1.54) is 0 Å². The van der Waals surface area contributed by atoms with Crippen LogP contribution in [0.1, 0.15) is 55.6 Å². The molecule has 0 saturated heterocycles. The summed E-state index contributed by atoms with van der Waals surface area (Å²) in [6, 6.07) is 31.3. The van der Waals surface area contributed by atoms with Gasteiger partial charge in [0, 0.05) is 38.9 Å². The molecular formula is C35H17N3. The van der Waals surface area contributed by atoms with Crippen molar-refractivity contribution < 1.29 is 0 Å². The molecule has 172 valence electrons. The van der Waals surface area contributed by atoms with Gasteiger partial charge < -0.3 is 0 Å². The maximum Gasteiger partial charge on any atom is 0.0991 e. The third-order valence-corrected chi connectivity index (χ3v) is 5.46. The van der Waals surface area contributed by atoms with Crippen molar-refractivity contribution in [3.8, 4) is 53.7 Å². The second kappa shape index (κ2) is 12.0. The zero-order chi connectivity index (χ0) is 26.7. The Labute approximate surface area is 222 Å². The van der Waals surface area contributed by atoms with Gasteiger partial charge >= 0.3 is 0 Å². The van der Waals surface area contributed by atoms with Gasteiger partial charge in [-0.2, -0.15) is 15.8 Å². The van der Waals surface area contributed by atoms with Crippen LogP contribution in [0.2, 0.25) is 0 Å². The first-order valence-electron chi connectivity index (χ1n) is 11.5. The highest BCUT2D eigenvalue weighted by molar-refractivity contribution is 5.69. The fraction of sp³-hybridized carbons (Fsp3) is 0. The first-order chi connectivity index (χ1) is 18.6. The highest BCUT2D eigenvalue weighted by atomic mass is 14.2. The second-order valence-electron chi connectivity index (χ2n) is 8.01. The van der Waals surface area contributed by atoms with Gasteiger partial charge in [-0.05, 0) is 84.9 Å². The Bertz CT molecular complexity index is 1740. The molecule has 0 radical (unpaired) electrons. The average molecular weight is 480 g/mol. The van der Waals surface area contributed by atoms with Gasteiger partial charge in [-0.3, -0.25) is 0 Å². The molecule has 0 N–H and O–H groups in total. The lowest BCUT2D eigenvalue weighted by Crippen LogP contribution is -1.92. The molecule has 38 heavy (non-hydrogen) atoms. The van der Waals surface area contributed by atoms with Crippen LogP contribution < -0.4 is 0 Å². The molecule has 0 atom stereocenters. The molecule has 0 saturated carbocycles. The largest absolute Gasteiger partial charge is 0.192 e. The second-order valence-corrected chi connectivity index (χ2v) is 8.01. The number of hydrogen-bond acceptors (Lipinski definition) is 3. The fourth-order valence-corrected chi connectivity index (χ4v) is 3.46. The third kappa shape index (κ3) is 6.25. The van der Waals surface area contributed by atoms with Gasteiger partial charge in [0.2, 0.25) is 0 Å². The molecule has 3 heteroatoms. The van der Waals surface area contributed by atoms with Crippen LogP contribution in [-0.4, -0.2) is 0 Å². The number of nitrogens with zero attached hydrogens (tertiary/aromatic N) is 3. The van der Waals surface area contributed by atoms with E-state index < -0.39 is 0 Å². The van der Waals surface area contributed by atoms with Gasteiger partial charge in [-0.25, -0.2) is 0 Å². The molecule has 0 aliphatic rings. The molecule has 0 fully saturated rings. The molecule has 0 spiro atoms. The summed E-state index contributed by atoms with van der Waals surface area (Å²) < 4.78 is 0. The maximum absolute atomic E-state index is 9.03. The van der Waals surface area contributed by atoms with E-state index in [0.29, 0.717) is 16.7 Å². The van der Waals surface area contributed by atoms with Gasteiger partial charge in [0.05, 0.1) is 34.9 Å². The minimum atomic E-state index is 0.572. The van der Waals surface area contributed by atoms with Crippen molar-refractivity contribution in [3.63, 3.8) is 0 Å². The van der Waals surface area contributed by atoms with Crippen molar-refractivity contribution in [2.75, 3.05) is 0 Å². The molecule has 4 aromatic rings. The van der Waals surface area contributed by atoms with Gasteiger partial charge in [-0.15, -0.1) is 0 Å². The van der Waals surface area contributed by atoms with E-state index in [-0.39, 0.29) is 0 Å². The van der Waals surface area contributed by atoms with Gasteiger partial charge in [0.25, 0.3) is 0 Å². The fourth-order valence-electron chi connectivity index (χ4n) is 3.46. The van der Waals surface area contributed by atoms with E-state index in [1.807, 2.05) is 12.1 Å². The topological polar surface area (TPSA) is 71.4 Å². The van der Waals surface area contributed by atoms with E-state index in [9.17, 15) is 0 Å². The lowest BCUT2D eigenvalue weighted by Gasteiger charge is -2.05. The quantitative estimate of drug-likeness (QED) is 0.308. The molecule has 0 bridgehead atoms. The predicted octanol–water partition coefficient (Wildman–Crippen LogP) is 6.14. The van der Waals surface area contributed by atoms with E-state index in [4.69, 9.17) is 15.8 Å². The van der Waals surface area contributed by atoms with Crippen molar-refractivity contribution in [1.29, 1.82) is 15.8 Å². The summed E-state index contributed by atoms with van der Waals surface area (Å²) >= 11 is 0. The van der Waals surface area contributed by atoms with Crippen LogP contribution in [-0.2, 0) is 0 Å². The number of benzene rings is 4. The molecule has 0 unspecified atom stereocenters. The molecule has 0 aliphatic heterocycles. The van der Waals surface area contributed by atoms with Crippen LogP contribution in [0.25, 0.3) is 6.08 Å². The summed E-state index contributed by atoms with van der Waals surface area (Å²) in [4.78, 5) is 0. The SMILES string of the molecule is C=Cc1c(C#Cc2ccc(C#N)cc2)cc(C#Cc2ccc(C#N)cc2)cc1C#Cc1ccc(C#N)cc1. The van der Waals surface area contributed by atoms with Crippen molar-refractivity contribution in [1.82, 2.24) is 0 Å². The van der Waals surface area contributed by atoms with Crippen LogP contribution in [0.4, 0.5) is 0 Å². The lowest BCUT2D eigenvalue weighted by atomic mass is 9.97. The number of hydrogen-bond donors (Lipinski definition) is 0. The van der Waals surface area contributed by atoms with Crippen LogP contribution >= 0.6 is 0 Å². The van der Waals surface area contributed by atoms with Crippen molar-refractivity contribution in [3.05, 3.63) is 147 Å². The highest BCUT2D eigenvalue weighted by Crippen LogP contribution is 2.19. The van der Waals surface area contributed by atoms with Crippen molar-refractivity contribution in [2.24, 2.45) is 0 Å². The molecule has 0 aliphatic carbocycles. The van der Waals surface area contributed by atoms with Gasteiger partial charge in [-0.1, -0.05) is 48.2 Å². The Kier molecular flexibility index (Phi) is 7.82. The zero-order valence-corrected chi connectivity index (χ0v) is 20.2. The normalized spacial score (nSPS) is 8.97. The van der Waals surface area contributed by atoms with Gasteiger partial charge in [0.1, 0.15) is 0 Å². The van der Waals surface area contributed by atoms with E-state index in [2.05, 4.69) is 60.3 Å². The summed E-state index contributed by atoms with van der Waals surface area (Å²) in [7, 11) is 0. The molecule has 0 amide bonds. The summed E-state index contributed by atoms with van der Waals surface area (Å²) in [5.41, 5.74) is 7.02. The Morgan fingerprint density at radius 2 is 0.711 bits per heavy atom.